The molecule has 19 heavy (non-hydrogen) atoms. The van der Waals surface area contributed by atoms with Gasteiger partial charge in [-0.25, -0.2) is 9.78 Å². The van der Waals surface area contributed by atoms with Gasteiger partial charge in [-0.15, -0.1) is 11.3 Å². The highest BCUT2D eigenvalue weighted by Gasteiger charge is 2.17. The van der Waals surface area contributed by atoms with Crippen LogP contribution in [-0.4, -0.2) is 27.8 Å². The van der Waals surface area contributed by atoms with Crippen molar-refractivity contribution in [3.63, 3.8) is 0 Å². The van der Waals surface area contributed by atoms with Crippen LogP contribution < -0.4 is 5.32 Å². The summed E-state index contributed by atoms with van der Waals surface area (Å²) in [6.07, 6.45) is 0. The van der Waals surface area contributed by atoms with Gasteiger partial charge in [0.1, 0.15) is 0 Å². The van der Waals surface area contributed by atoms with Crippen molar-refractivity contribution >= 4 is 28.1 Å². The molecule has 2 N–H and O–H groups in total. The van der Waals surface area contributed by atoms with Crippen molar-refractivity contribution in [3.8, 4) is 0 Å². The Labute approximate surface area is 115 Å². The fourth-order valence-electron chi connectivity index (χ4n) is 1.68. The first kappa shape index (κ1) is 13.5. The van der Waals surface area contributed by atoms with Crippen molar-refractivity contribution in [1.82, 2.24) is 15.2 Å². The number of anilines is 2. The van der Waals surface area contributed by atoms with E-state index in [-0.39, 0.29) is 5.97 Å². The molecule has 0 fully saturated rings. The van der Waals surface area contributed by atoms with Crippen LogP contribution in [0.2, 0.25) is 0 Å². The van der Waals surface area contributed by atoms with E-state index < -0.39 is 0 Å². The summed E-state index contributed by atoms with van der Waals surface area (Å²) in [5, 5.41) is 10.8. The molecule has 7 heteroatoms. The molecule has 0 aliphatic carbocycles. The minimum atomic E-state index is -0.384. The normalized spacial score (nSPS) is 10.5. The maximum Gasteiger partial charge on any atom is 0.358 e. The quantitative estimate of drug-likeness (QED) is 0.842. The van der Waals surface area contributed by atoms with E-state index in [9.17, 15) is 4.79 Å². The van der Waals surface area contributed by atoms with Gasteiger partial charge in [0.15, 0.2) is 10.8 Å². The number of aromatic amines is 1. The Hall–Kier alpha value is -1.89. The summed E-state index contributed by atoms with van der Waals surface area (Å²) < 4.78 is 4.96. The third-order valence-corrected chi connectivity index (χ3v) is 3.51. The zero-order valence-electron chi connectivity index (χ0n) is 11.3. The predicted octanol–water partition coefficient (Wildman–Crippen LogP) is 2.71. The Morgan fingerprint density at radius 2 is 2.16 bits per heavy atom. The highest BCUT2D eigenvalue weighted by atomic mass is 32.1. The number of hydrogen-bond donors (Lipinski definition) is 2. The standard InChI is InChI=1S/C12H16N4O2S/c1-5-18-11(17)10-8(4)19-12(14-10)13-9-6(2)15-16-7(9)3/h5H2,1-4H3,(H,13,14)(H,15,16). The second-order valence-corrected chi connectivity index (χ2v) is 5.28. The summed E-state index contributed by atoms with van der Waals surface area (Å²) >= 11 is 1.42. The minimum Gasteiger partial charge on any atom is -0.461 e. The van der Waals surface area contributed by atoms with Gasteiger partial charge in [-0.05, 0) is 27.7 Å². The molecule has 2 rings (SSSR count). The zero-order valence-corrected chi connectivity index (χ0v) is 12.1. The first-order chi connectivity index (χ1) is 9.02. The molecule has 0 bridgehead atoms. The van der Waals surface area contributed by atoms with Gasteiger partial charge in [0, 0.05) is 4.88 Å². The first-order valence-corrected chi connectivity index (χ1v) is 6.77. The van der Waals surface area contributed by atoms with Gasteiger partial charge in [-0.1, -0.05) is 0 Å². The Bertz CT molecular complexity index is 583. The summed E-state index contributed by atoms with van der Waals surface area (Å²) in [5.74, 6) is -0.384. The third-order valence-electron chi connectivity index (χ3n) is 2.63. The second kappa shape index (κ2) is 5.40. The van der Waals surface area contributed by atoms with Crippen molar-refractivity contribution in [2.45, 2.75) is 27.7 Å². The molecule has 0 saturated heterocycles. The Morgan fingerprint density at radius 3 is 2.74 bits per heavy atom. The van der Waals surface area contributed by atoms with Gasteiger partial charge in [-0.3, -0.25) is 5.10 Å². The molecule has 0 atom stereocenters. The van der Waals surface area contributed by atoms with Crippen LogP contribution in [0.15, 0.2) is 0 Å². The highest BCUT2D eigenvalue weighted by Crippen LogP contribution is 2.28. The maximum absolute atomic E-state index is 11.7. The molecule has 0 aliphatic heterocycles. The number of ether oxygens (including phenoxy) is 1. The summed E-state index contributed by atoms with van der Waals surface area (Å²) in [6.45, 7) is 7.80. The summed E-state index contributed by atoms with van der Waals surface area (Å²) in [7, 11) is 0. The lowest BCUT2D eigenvalue weighted by Crippen LogP contribution is -2.06. The van der Waals surface area contributed by atoms with Crippen LogP contribution in [0, 0.1) is 20.8 Å². The van der Waals surface area contributed by atoms with E-state index in [4.69, 9.17) is 4.74 Å². The van der Waals surface area contributed by atoms with Gasteiger partial charge in [0.25, 0.3) is 0 Å². The fraction of sp³-hybridized carbons (Fsp3) is 0.417. The zero-order chi connectivity index (χ0) is 14.0. The van der Waals surface area contributed by atoms with Crippen LogP contribution >= 0.6 is 11.3 Å². The van der Waals surface area contributed by atoms with Crippen LogP contribution in [0.1, 0.15) is 33.7 Å². The molecule has 2 heterocycles. The molecule has 0 aromatic carbocycles. The van der Waals surface area contributed by atoms with E-state index in [2.05, 4.69) is 20.5 Å². The van der Waals surface area contributed by atoms with E-state index in [1.54, 1.807) is 6.92 Å². The number of aryl methyl sites for hydroxylation is 3. The Kier molecular flexibility index (Phi) is 3.84. The van der Waals surface area contributed by atoms with Gasteiger partial charge < -0.3 is 10.1 Å². The number of nitrogens with zero attached hydrogens (tertiary/aromatic N) is 2. The molecule has 0 amide bonds. The smallest absolute Gasteiger partial charge is 0.358 e. The topological polar surface area (TPSA) is 79.9 Å². The van der Waals surface area contributed by atoms with E-state index in [0.29, 0.717) is 17.4 Å². The molecule has 2 aromatic rings. The number of esters is 1. The van der Waals surface area contributed by atoms with E-state index >= 15 is 0 Å². The molecule has 2 aromatic heterocycles. The number of hydrogen-bond acceptors (Lipinski definition) is 6. The SMILES string of the molecule is CCOC(=O)c1nc(Nc2c(C)n[nH]c2C)sc1C. The second-order valence-electron chi connectivity index (χ2n) is 4.08. The minimum absolute atomic E-state index is 0.346. The lowest BCUT2D eigenvalue weighted by Gasteiger charge is -2.01. The van der Waals surface area contributed by atoms with Gasteiger partial charge in [0.05, 0.1) is 23.7 Å². The number of thiazole rings is 1. The molecule has 0 spiro atoms. The van der Waals surface area contributed by atoms with Crippen molar-refractivity contribution in [1.29, 1.82) is 0 Å². The van der Waals surface area contributed by atoms with E-state index in [0.717, 1.165) is 22.0 Å². The average Bonchev–Trinajstić information content (AvgIpc) is 2.87. The molecule has 102 valence electrons. The van der Waals surface area contributed by atoms with Crippen molar-refractivity contribution in [2.24, 2.45) is 0 Å². The van der Waals surface area contributed by atoms with Crippen LogP contribution in [0.25, 0.3) is 0 Å². The average molecular weight is 280 g/mol. The monoisotopic (exact) mass is 280 g/mol. The maximum atomic E-state index is 11.7. The van der Waals surface area contributed by atoms with Crippen LogP contribution in [0.3, 0.4) is 0 Å². The number of rotatable bonds is 4. The highest BCUT2D eigenvalue weighted by molar-refractivity contribution is 7.15. The summed E-state index contributed by atoms with van der Waals surface area (Å²) in [6, 6.07) is 0. The van der Waals surface area contributed by atoms with Gasteiger partial charge in [-0.2, -0.15) is 5.10 Å². The fourth-order valence-corrected chi connectivity index (χ4v) is 2.49. The lowest BCUT2D eigenvalue weighted by molar-refractivity contribution is 0.0519. The predicted molar refractivity (Wildman–Crippen MR) is 74.2 cm³/mol. The first-order valence-electron chi connectivity index (χ1n) is 5.96. The molecule has 0 saturated carbocycles. The molecule has 0 radical (unpaired) electrons. The van der Waals surface area contributed by atoms with Gasteiger partial charge in [0.2, 0.25) is 0 Å². The van der Waals surface area contributed by atoms with E-state index in [1.807, 2.05) is 20.8 Å². The van der Waals surface area contributed by atoms with Crippen LogP contribution in [-0.2, 0) is 4.74 Å². The molecule has 6 nitrogen and oxygen atoms in total. The lowest BCUT2D eigenvalue weighted by atomic mass is 10.3. The summed E-state index contributed by atoms with van der Waals surface area (Å²) in [5.41, 5.74) is 3.06. The van der Waals surface area contributed by atoms with Crippen LogP contribution in [0.4, 0.5) is 10.8 Å². The summed E-state index contributed by atoms with van der Waals surface area (Å²) in [4.78, 5) is 16.8. The number of H-pyrrole nitrogens is 1. The van der Waals surface area contributed by atoms with Crippen molar-refractivity contribution < 1.29 is 9.53 Å². The largest absolute Gasteiger partial charge is 0.461 e. The number of carbonyl (C=O) groups is 1. The Morgan fingerprint density at radius 1 is 1.42 bits per heavy atom. The van der Waals surface area contributed by atoms with Gasteiger partial charge >= 0.3 is 5.97 Å². The van der Waals surface area contributed by atoms with Crippen molar-refractivity contribution in [2.75, 3.05) is 11.9 Å². The van der Waals surface area contributed by atoms with E-state index in [1.165, 1.54) is 11.3 Å². The number of aromatic nitrogens is 3. The number of nitrogens with one attached hydrogen (secondary N) is 2. The molecular formula is C12H16N4O2S. The van der Waals surface area contributed by atoms with Crippen LogP contribution in [0.5, 0.6) is 0 Å². The molecular weight excluding hydrogens is 264 g/mol. The number of carbonyl (C=O) groups excluding carboxylic acids is 1. The van der Waals surface area contributed by atoms with Crippen molar-refractivity contribution in [3.05, 3.63) is 22.0 Å². The third kappa shape index (κ3) is 2.76. The molecule has 0 unspecified atom stereocenters. The Balaban J connectivity index is 2.23. The molecule has 0 aliphatic rings.